The number of carbonyl (C=O) groups is 1. The van der Waals surface area contributed by atoms with E-state index in [9.17, 15) is 4.79 Å². The van der Waals surface area contributed by atoms with Crippen LogP contribution >= 0.6 is 0 Å². The Morgan fingerprint density at radius 1 is 1.26 bits per heavy atom. The van der Waals surface area contributed by atoms with Crippen molar-refractivity contribution in [1.82, 2.24) is 10.2 Å². The topological polar surface area (TPSA) is 45.5 Å². The number of nitrogens with zero attached hydrogens (tertiary/aromatic N) is 1. The summed E-state index contributed by atoms with van der Waals surface area (Å²) in [5, 5.41) is 3.12. The van der Waals surface area contributed by atoms with Gasteiger partial charge in [-0.3, -0.25) is 0 Å². The van der Waals surface area contributed by atoms with Crippen LogP contribution in [0.1, 0.15) is 50.5 Å². The van der Waals surface area contributed by atoms with Crippen LogP contribution in [-0.4, -0.2) is 23.0 Å². The first-order valence-electron chi connectivity index (χ1n) is 7.41. The second-order valence-electron chi connectivity index (χ2n) is 5.78. The van der Waals surface area contributed by atoms with Crippen molar-refractivity contribution < 1.29 is 9.21 Å². The highest BCUT2D eigenvalue weighted by atomic mass is 16.3. The molecule has 0 aliphatic heterocycles. The Balaban J connectivity index is 1.67. The average molecular weight is 262 g/mol. The lowest BCUT2D eigenvalue weighted by Crippen LogP contribution is -2.47. The first-order valence-corrected chi connectivity index (χ1v) is 7.41. The molecule has 1 N–H and O–H groups in total. The van der Waals surface area contributed by atoms with Crippen molar-refractivity contribution in [3.05, 3.63) is 24.2 Å². The number of rotatable bonds is 4. The Hall–Kier alpha value is -1.45. The molecule has 0 atom stereocenters. The van der Waals surface area contributed by atoms with Gasteiger partial charge in [0.05, 0.1) is 19.1 Å². The molecule has 0 bridgehead atoms. The van der Waals surface area contributed by atoms with Gasteiger partial charge in [0, 0.05) is 17.6 Å². The van der Waals surface area contributed by atoms with Gasteiger partial charge in [0.2, 0.25) is 0 Å². The van der Waals surface area contributed by atoms with E-state index in [1.807, 2.05) is 11.0 Å². The minimum Gasteiger partial charge on any atom is -0.472 e. The molecule has 1 aromatic heterocycles. The fraction of sp³-hybridized carbons (Fsp3) is 0.667. The Labute approximate surface area is 114 Å². The lowest BCUT2D eigenvalue weighted by atomic mass is 9.94. The summed E-state index contributed by atoms with van der Waals surface area (Å²) in [6, 6.07) is 2.86. The fourth-order valence-electron chi connectivity index (χ4n) is 2.82. The van der Waals surface area contributed by atoms with Crippen molar-refractivity contribution in [3.8, 4) is 0 Å². The van der Waals surface area contributed by atoms with Gasteiger partial charge < -0.3 is 14.6 Å². The highest BCUT2D eigenvalue weighted by Crippen LogP contribution is 2.26. The van der Waals surface area contributed by atoms with Crippen molar-refractivity contribution in [1.29, 1.82) is 0 Å². The van der Waals surface area contributed by atoms with E-state index in [0.29, 0.717) is 18.6 Å². The van der Waals surface area contributed by atoms with E-state index in [0.717, 1.165) is 31.2 Å². The maximum atomic E-state index is 12.4. The lowest BCUT2D eigenvalue weighted by Gasteiger charge is -2.34. The Morgan fingerprint density at radius 3 is 2.68 bits per heavy atom. The third-order valence-electron chi connectivity index (χ3n) is 4.11. The molecule has 0 radical (unpaired) electrons. The third-order valence-corrected chi connectivity index (χ3v) is 4.11. The summed E-state index contributed by atoms with van der Waals surface area (Å²) in [6.45, 7) is 0.666. The summed E-state index contributed by atoms with van der Waals surface area (Å²) in [5.41, 5.74) is 1.08. The molecule has 4 heteroatoms. The van der Waals surface area contributed by atoms with Gasteiger partial charge in [0.1, 0.15) is 0 Å². The van der Waals surface area contributed by atoms with Gasteiger partial charge in [-0.2, -0.15) is 0 Å². The summed E-state index contributed by atoms with van der Waals surface area (Å²) in [4.78, 5) is 14.4. The number of hydrogen-bond donors (Lipinski definition) is 1. The molecule has 19 heavy (non-hydrogen) atoms. The number of amides is 2. The minimum atomic E-state index is 0.107. The van der Waals surface area contributed by atoms with E-state index >= 15 is 0 Å². The van der Waals surface area contributed by atoms with Crippen LogP contribution in [0, 0.1) is 0 Å². The van der Waals surface area contributed by atoms with Gasteiger partial charge in [-0.15, -0.1) is 0 Å². The van der Waals surface area contributed by atoms with Gasteiger partial charge in [0.15, 0.2) is 0 Å². The van der Waals surface area contributed by atoms with Crippen LogP contribution in [0.15, 0.2) is 23.0 Å². The van der Waals surface area contributed by atoms with E-state index in [1.165, 1.54) is 19.3 Å². The van der Waals surface area contributed by atoms with Gasteiger partial charge in [0.25, 0.3) is 0 Å². The van der Waals surface area contributed by atoms with Gasteiger partial charge in [-0.05, 0) is 31.7 Å². The summed E-state index contributed by atoms with van der Waals surface area (Å²) in [6.07, 6.45) is 11.7. The van der Waals surface area contributed by atoms with Crippen LogP contribution in [0.5, 0.6) is 0 Å². The predicted molar refractivity (Wildman–Crippen MR) is 72.7 cm³/mol. The van der Waals surface area contributed by atoms with Crippen LogP contribution < -0.4 is 5.32 Å². The number of urea groups is 1. The lowest BCUT2D eigenvalue weighted by molar-refractivity contribution is 0.150. The normalized spacial score (nSPS) is 20.2. The zero-order valence-corrected chi connectivity index (χ0v) is 11.3. The van der Waals surface area contributed by atoms with Crippen LogP contribution in [0.3, 0.4) is 0 Å². The molecule has 0 saturated heterocycles. The third kappa shape index (κ3) is 3.31. The molecule has 4 nitrogen and oxygen atoms in total. The zero-order chi connectivity index (χ0) is 13.1. The van der Waals surface area contributed by atoms with E-state index in [-0.39, 0.29) is 6.03 Å². The molecule has 0 spiro atoms. The van der Waals surface area contributed by atoms with Gasteiger partial charge >= 0.3 is 6.03 Å². The van der Waals surface area contributed by atoms with Gasteiger partial charge in [-0.25, -0.2) is 4.79 Å². The quantitative estimate of drug-likeness (QED) is 0.905. The zero-order valence-electron chi connectivity index (χ0n) is 11.3. The highest BCUT2D eigenvalue weighted by molar-refractivity contribution is 5.75. The molecular formula is C15H22N2O2. The molecule has 2 aliphatic rings. The summed E-state index contributed by atoms with van der Waals surface area (Å²) in [7, 11) is 0. The van der Waals surface area contributed by atoms with E-state index < -0.39 is 0 Å². The average Bonchev–Trinajstić information content (AvgIpc) is 3.10. The molecule has 1 aromatic rings. The minimum absolute atomic E-state index is 0.107. The molecule has 1 heterocycles. The maximum absolute atomic E-state index is 12.4. The van der Waals surface area contributed by atoms with Crippen LogP contribution in [0.25, 0.3) is 0 Å². The molecule has 2 aliphatic carbocycles. The molecule has 2 fully saturated rings. The van der Waals surface area contributed by atoms with Crippen LogP contribution in [0.4, 0.5) is 4.79 Å². The van der Waals surface area contributed by atoms with E-state index in [2.05, 4.69) is 5.32 Å². The number of carbonyl (C=O) groups excluding carboxylic acids is 1. The maximum Gasteiger partial charge on any atom is 0.318 e. The SMILES string of the molecule is O=C(NC1CC1)N(Cc1ccoc1)C1CCCCC1. The molecule has 104 valence electrons. The van der Waals surface area contributed by atoms with Crippen molar-refractivity contribution in [2.75, 3.05) is 0 Å². The smallest absolute Gasteiger partial charge is 0.318 e. The second kappa shape index (κ2) is 5.68. The van der Waals surface area contributed by atoms with Crippen molar-refractivity contribution in [2.45, 2.75) is 63.6 Å². The molecule has 0 aromatic carbocycles. The first-order chi connectivity index (χ1) is 9.33. The molecule has 0 unspecified atom stereocenters. The summed E-state index contributed by atoms with van der Waals surface area (Å²) in [5.74, 6) is 0. The Morgan fingerprint density at radius 2 is 2.05 bits per heavy atom. The molecule has 2 saturated carbocycles. The van der Waals surface area contributed by atoms with Crippen molar-refractivity contribution in [2.24, 2.45) is 0 Å². The molecule has 3 rings (SSSR count). The Kier molecular flexibility index (Phi) is 3.76. The van der Waals surface area contributed by atoms with Crippen LogP contribution in [0.2, 0.25) is 0 Å². The van der Waals surface area contributed by atoms with E-state index in [4.69, 9.17) is 4.42 Å². The molecule has 2 amide bonds. The summed E-state index contributed by atoms with van der Waals surface area (Å²) < 4.78 is 5.12. The molecular weight excluding hydrogens is 240 g/mol. The number of nitrogens with one attached hydrogen (secondary N) is 1. The number of furan rings is 1. The fourth-order valence-corrected chi connectivity index (χ4v) is 2.82. The van der Waals surface area contributed by atoms with Gasteiger partial charge in [-0.1, -0.05) is 19.3 Å². The monoisotopic (exact) mass is 262 g/mol. The predicted octanol–water partition coefficient (Wildman–Crippen LogP) is 3.29. The van der Waals surface area contributed by atoms with E-state index in [1.54, 1.807) is 12.5 Å². The number of hydrogen-bond acceptors (Lipinski definition) is 2. The van der Waals surface area contributed by atoms with Crippen molar-refractivity contribution in [3.63, 3.8) is 0 Å². The largest absolute Gasteiger partial charge is 0.472 e. The van der Waals surface area contributed by atoms with Crippen LogP contribution in [-0.2, 0) is 6.54 Å². The second-order valence-corrected chi connectivity index (χ2v) is 5.78. The van der Waals surface area contributed by atoms with Crippen molar-refractivity contribution >= 4 is 6.03 Å². The Bertz CT molecular complexity index is 406. The highest BCUT2D eigenvalue weighted by Gasteiger charge is 2.30. The standard InChI is InChI=1S/C15H22N2O2/c18-15(16-13-6-7-13)17(10-12-8-9-19-11-12)14-4-2-1-3-5-14/h8-9,11,13-14H,1-7,10H2,(H,16,18). The summed E-state index contributed by atoms with van der Waals surface area (Å²) >= 11 is 0. The first kappa shape index (κ1) is 12.6.